The highest BCUT2D eigenvalue weighted by molar-refractivity contribution is 5.69. The Bertz CT molecular complexity index is 463. The zero-order valence-electron chi connectivity index (χ0n) is 9.96. The Kier molecular flexibility index (Phi) is 5.42. The summed E-state index contributed by atoms with van der Waals surface area (Å²) in [4.78, 5) is 11.4. The number of nitrogens with zero attached hydrogens (tertiary/aromatic N) is 1. The second-order valence-electron chi connectivity index (χ2n) is 3.46. The molecule has 0 aliphatic heterocycles. The molecule has 0 saturated heterocycles. The van der Waals surface area contributed by atoms with Gasteiger partial charge in [-0.3, -0.25) is 5.32 Å². The van der Waals surface area contributed by atoms with Crippen molar-refractivity contribution in [1.29, 1.82) is 5.26 Å². The van der Waals surface area contributed by atoms with Crippen LogP contribution in [0.1, 0.15) is 12.5 Å². The molecule has 1 aromatic rings. The lowest BCUT2D eigenvalue weighted by Gasteiger charge is -2.10. The average Bonchev–Trinajstić information content (AvgIpc) is 2.42. The first-order valence-corrected chi connectivity index (χ1v) is 5.39. The number of rotatable bonds is 4. The van der Waals surface area contributed by atoms with Crippen molar-refractivity contribution in [2.45, 2.75) is 19.6 Å². The highest BCUT2D eigenvalue weighted by Gasteiger charge is 2.12. The van der Waals surface area contributed by atoms with E-state index in [-0.39, 0.29) is 12.3 Å². The molecule has 94 valence electrons. The number of hydrogen-bond acceptors (Lipinski definition) is 4. The Morgan fingerprint density at radius 1 is 1.56 bits per heavy atom. The summed E-state index contributed by atoms with van der Waals surface area (Å²) in [6.45, 7) is 1.74. The first-order valence-electron chi connectivity index (χ1n) is 5.39. The summed E-state index contributed by atoms with van der Waals surface area (Å²) in [5, 5.41) is 20.1. The summed E-state index contributed by atoms with van der Waals surface area (Å²) in [7, 11) is 0. The van der Waals surface area contributed by atoms with Crippen molar-refractivity contribution in [3.05, 3.63) is 47.7 Å². The standard InChI is InChI=1S/C13H14N2O3/c1-2-11(12(16)8-14)15-13(17)18-9-10-6-4-3-5-7-10/h2-7,12,16H,9H2,1H3,(H,15,17)/b11-2-. The fraction of sp³-hybridized carbons (Fsp3) is 0.231. The van der Waals surface area contributed by atoms with Gasteiger partial charge in [-0.25, -0.2) is 4.79 Å². The second kappa shape index (κ2) is 7.09. The third-order valence-electron chi connectivity index (χ3n) is 2.19. The number of hydrogen-bond donors (Lipinski definition) is 2. The van der Waals surface area contributed by atoms with Crippen molar-refractivity contribution in [2.24, 2.45) is 0 Å². The van der Waals surface area contributed by atoms with Crippen LogP contribution >= 0.6 is 0 Å². The first-order chi connectivity index (χ1) is 8.67. The Labute approximate surface area is 105 Å². The number of benzene rings is 1. The Hall–Kier alpha value is -2.32. The molecule has 0 spiro atoms. The van der Waals surface area contributed by atoms with E-state index in [9.17, 15) is 9.90 Å². The van der Waals surface area contributed by atoms with Gasteiger partial charge in [0.05, 0.1) is 5.70 Å². The topological polar surface area (TPSA) is 82.3 Å². The number of carbonyl (C=O) groups is 1. The van der Waals surface area contributed by atoms with Crippen LogP contribution in [0.5, 0.6) is 0 Å². The Balaban J connectivity index is 2.45. The maximum absolute atomic E-state index is 11.4. The smallest absolute Gasteiger partial charge is 0.411 e. The zero-order chi connectivity index (χ0) is 13.4. The van der Waals surface area contributed by atoms with E-state index in [0.29, 0.717) is 0 Å². The van der Waals surface area contributed by atoms with E-state index in [2.05, 4.69) is 5.32 Å². The lowest BCUT2D eigenvalue weighted by Crippen LogP contribution is -2.29. The number of carbonyl (C=O) groups excluding carboxylic acids is 1. The molecule has 1 rings (SSSR count). The molecular weight excluding hydrogens is 232 g/mol. The summed E-state index contributed by atoms with van der Waals surface area (Å²) < 4.78 is 4.94. The first kappa shape index (κ1) is 13.7. The fourth-order valence-electron chi connectivity index (χ4n) is 1.24. The zero-order valence-corrected chi connectivity index (χ0v) is 9.96. The van der Waals surface area contributed by atoms with Gasteiger partial charge in [0.1, 0.15) is 12.7 Å². The number of nitrogens with one attached hydrogen (secondary N) is 1. The van der Waals surface area contributed by atoms with E-state index < -0.39 is 12.2 Å². The van der Waals surface area contributed by atoms with Gasteiger partial charge in [-0.15, -0.1) is 0 Å². The highest BCUT2D eigenvalue weighted by Crippen LogP contribution is 2.02. The Morgan fingerprint density at radius 3 is 2.78 bits per heavy atom. The molecule has 1 aromatic carbocycles. The number of aliphatic hydroxyl groups excluding tert-OH is 1. The maximum atomic E-state index is 11.4. The lowest BCUT2D eigenvalue weighted by molar-refractivity contribution is 0.139. The fourth-order valence-corrected chi connectivity index (χ4v) is 1.24. The van der Waals surface area contributed by atoms with Crippen LogP contribution in [-0.4, -0.2) is 17.3 Å². The molecule has 1 amide bonds. The van der Waals surface area contributed by atoms with Crippen LogP contribution in [0.25, 0.3) is 0 Å². The van der Waals surface area contributed by atoms with Crippen molar-refractivity contribution < 1.29 is 14.6 Å². The summed E-state index contributed by atoms with van der Waals surface area (Å²) in [6, 6.07) is 10.8. The normalized spacial score (nSPS) is 12.4. The van der Waals surface area contributed by atoms with Crippen LogP contribution < -0.4 is 5.32 Å². The van der Waals surface area contributed by atoms with Gasteiger partial charge in [0.15, 0.2) is 6.10 Å². The second-order valence-corrected chi connectivity index (χ2v) is 3.46. The molecule has 18 heavy (non-hydrogen) atoms. The minimum absolute atomic E-state index is 0.107. The quantitative estimate of drug-likeness (QED) is 0.792. The van der Waals surface area contributed by atoms with Crippen molar-refractivity contribution in [3.63, 3.8) is 0 Å². The number of amides is 1. The van der Waals surface area contributed by atoms with Crippen LogP contribution in [-0.2, 0) is 11.3 Å². The minimum atomic E-state index is -1.36. The van der Waals surface area contributed by atoms with Crippen molar-refractivity contribution in [2.75, 3.05) is 0 Å². The molecular formula is C13H14N2O3. The van der Waals surface area contributed by atoms with Crippen molar-refractivity contribution in [3.8, 4) is 6.07 Å². The molecule has 0 aliphatic carbocycles. The van der Waals surface area contributed by atoms with E-state index in [4.69, 9.17) is 10.00 Å². The van der Waals surface area contributed by atoms with Crippen LogP contribution in [0.2, 0.25) is 0 Å². The van der Waals surface area contributed by atoms with Crippen LogP contribution in [0.4, 0.5) is 4.79 Å². The number of allylic oxidation sites excluding steroid dienone is 1. The molecule has 0 heterocycles. The van der Waals surface area contributed by atoms with Gasteiger partial charge in [-0.1, -0.05) is 36.4 Å². The van der Waals surface area contributed by atoms with E-state index in [0.717, 1.165) is 5.56 Å². The SMILES string of the molecule is C/C=C(\NC(=O)OCc1ccccc1)C(O)C#N. The monoisotopic (exact) mass is 246 g/mol. The molecule has 0 aliphatic rings. The molecule has 2 N–H and O–H groups in total. The summed E-state index contributed by atoms with van der Waals surface area (Å²) in [5.41, 5.74) is 0.964. The number of aliphatic hydroxyl groups is 1. The number of nitriles is 1. The van der Waals surface area contributed by atoms with Gasteiger partial charge in [0.25, 0.3) is 0 Å². The summed E-state index contributed by atoms with van der Waals surface area (Å²) in [5.74, 6) is 0. The van der Waals surface area contributed by atoms with Gasteiger partial charge in [-0.2, -0.15) is 5.26 Å². The minimum Gasteiger partial charge on any atom is -0.444 e. The molecule has 0 bridgehead atoms. The average molecular weight is 246 g/mol. The Morgan fingerprint density at radius 2 is 2.22 bits per heavy atom. The van der Waals surface area contributed by atoms with E-state index >= 15 is 0 Å². The molecule has 1 atom stereocenters. The van der Waals surface area contributed by atoms with E-state index in [1.807, 2.05) is 30.3 Å². The molecule has 1 unspecified atom stereocenters. The summed E-state index contributed by atoms with van der Waals surface area (Å²) >= 11 is 0. The third-order valence-corrected chi connectivity index (χ3v) is 2.19. The molecule has 0 saturated carbocycles. The molecule has 5 heteroatoms. The van der Waals surface area contributed by atoms with Gasteiger partial charge >= 0.3 is 6.09 Å². The summed E-state index contributed by atoms with van der Waals surface area (Å²) in [6.07, 6.45) is -0.627. The predicted molar refractivity (Wildman–Crippen MR) is 65.1 cm³/mol. The molecule has 0 aromatic heterocycles. The van der Waals surface area contributed by atoms with Crippen LogP contribution in [0, 0.1) is 11.3 Å². The predicted octanol–water partition coefficient (Wildman–Crippen LogP) is 1.70. The van der Waals surface area contributed by atoms with E-state index in [1.165, 1.54) is 6.08 Å². The highest BCUT2D eigenvalue weighted by atomic mass is 16.5. The third kappa shape index (κ3) is 4.28. The molecule has 0 fully saturated rings. The number of ether oxygens (including phenoxy) is 1. The van der Waals surface area contributed by atoms with Crippen molar-refractivity contribution in [1.82, 2.24) is 5.32 Å². The number of alkyl carbamates (subject to hydrolysis) is 1. The van der Waals surface area contributed by atoms with Gasteiger partial charge < -0.3 is 9.84 Å². The van der Waals surface area contributed by atoms with Crippen LogP contribution in [0.3, 0.4) is 0 Å². The molecule has 0 radical (unpaired) electrons. The van der Waals surface area contributed by atoms with Gasteiger partial charge in [0, 0.05) is 0 Å². The van der Waals surface area contributed by atoms with Gasteiger partial charge in [-0.05, 0) is 12.5 Å². The van der Waals surface area contributed by atoms with Crippen LogP contribution in [0.15, 0.2) is 42.1 Å². The van der Waals surface area contributed by atoms with E-state index in [1.54, 1.807) is 13.0 Å². The van der Waals surface area contributed by atoms with Crippen molar-refractivity contribution >= 4 is 6.09 Å². The maximum Gasteiger partial charge on any atom is 0.411 e. The van der Waals surface area contributed by atoms with Gasteiger partial charge in [0.2, 0.25) is 0 Å². The largest absolute Gasteiger partial charge is 0.444 e. The lowest BCUT2D eigenvalue weighted by atomic mass is 10.2. The molecule has 5 nitrogen and oxygen atoms in total.